The highest BCUT2D eigenvalue weighted by Crippen LogP contribution is 2.27. The number of carbonyl (C=O) groups excluding carboxylic acids is 1. The lowest BCUT2D eigenvalue weighted by molar-refractivity contribution is -0.115. The SMILES string of the molecule is Cc1ccnc(-n2c(SC(C)C(=O)Nc3c(C)cccc3C)nc3ccccc3c2=O)c1. The van der Waals surface area contributed by atoms with Crippen molar-refractivity contribution in [3.05, 3.63) is 87.8 Å². The topological polar surface area (TPSA) is 76.9 Å². The van der Waals surface area contributed by atoms with Gasteiger partial charge in [0.25, 0.3) is 5.56 Å². The lowest BCUT2D eigenvalue weighted by Gasteiger charge is -2.17. The minimum absolute atomic E-state index is 0.154. The molecule has 1 atom stereocenters. The molecule has 0 aliphatic rings. The summed E-state index contributed by atoms with van der Waals surface area (Å²) < 4.78 is 1.49. The fourth-order valence-corrected chi connectivity index (χ4v) is 4.40. The van der Waals surface area contributed by atoms with Gasteiger partial charge in [-0.25, -0.2) is 14.5 Å². The molecule has 1 amide bonds. The Bertz CT molecular complexity index is 1360. The van der Waals surface area contributed by atoms with E-state index < -0.39 is 5.25 Å². The van der Waals surface area contributed by atoms with Crippen molar-refractivity contribution in [2.45, 2.75) is 38.1 Å². The molecule has 162 valence electrons. The summed E-state index contributed by atoms with van der Waals surface area (Å²) >= 11 is 1.24. The van der Waals surface area contributed by atoms with Crippen molar-refractivity contribution >= 4 is 34.3 Å². The zero-order valence-corrected chi connectivity index (χ0v) is 19.2. The summed E-state index contributed by atoms with van der Waals surface area (Å²) in [5, 5.41) is 3.47. The monoisotopic (exact) mass is 444 g/mol. The van der Waals surface area contributed by atoms with Crippen LogP contribution < -0.4 is 10.9 Å². The second-order valence-electron chi connectivity index (χ2n) is 7.76. The van der Waals surface area contributed by atoms with Crippen molar-refractivity contribution in [3.8, 4) is 5.82 Å². The maximum atomic E-state index is 13.4. The number of carbonyl (C=O) groups is 1. The molecule has 0 aliphatic carbocycles. The average Bonchev–Trinajstić information content (AvgIpc) is 2.76. The first-order chi connectivity index (χ1) is 15.3. The number of hydrogen-bond donors (Lipinski definition) is 1. The number of fused-ring (bicyclic) bond motifs is 1. The van der Waals surface area contributed by atoms with Gasteiger partial charge in [0.05, 0.1) is 16.2 Å². The number of benzene rings is 2. The van der Waals surface area contributed by atoms with Crippen LogP contribution in [-0.4, -0.2) is 25.7 Å². The molecule has 4 rings (SSSR count). The highest BCUT2D eigenvalue weighted by molar-refractivity contribution is 8.00. The lowest BCUT2D eigenvalue weighted by atomic mass is 10.1. The minimum Gasteiger partial charge on any atom is -0.325 e. The number of aryl methyl sites for hydroxylation is 3. The Hall–Kier alpha value is -3.45. The minimum atomic E-state index is -0.488. The zero-order valence-electron chi connectivity index (χ0n) is 18.4. The molecule has 0 radical (unpaired) electrons. The van der Waals surface area contributed by atoms with Crippen LogP contribution in [0, 0.1) is 20.8 Å². The second kappa shape index (κ2) is 8.96. The van der Waals surface area contributed by atoms with Crippen LogP contribution in [0.5, 0.6) is 0 Å². The molecule has 2 heterocycles. The molecule has 2 aromatic carbocycles. The Labute approximate surface area is 190 Å². The van der Waals surface area contributed by atoms with Crippen molar-refractivity contribution in [1.29, 1.82) is 0 Å². The van der Waals surface area contributed by atoms with E-state index >= 15 is 0 Å². The van der Waals surface area contributed by atoms with E-state index in [9.17, 15) is 9.59 Å². The van der Waals surface area contributed by atoms with E-state index in [4.69, 9.17) is 4.98 Å². The van der Waals surface area contributed by atoms with Gasteiger partial charge in [0.15, 0.2) is 5.16 Å². The largest absolute Gasteiger partial charge is 0.325 e. The number of aromatic nitrogens is 3. The summed E-state index contributed by atoms with van der Waals surface area (Å²) in [4.78, 5) is 35.5. The second-order valence-corrected chi connectivity index (χ2v) is 9.07. The molecule has 0 fully saturated rings. The molecule has 1 unspecified atom stereocenters. The van der Waals surface area contributed by atoms with E-state index in [-0.39, 0.29) is 11.5 Å². The van der Waals surface area contributed by atoms with Gasteiger partial charge in [0, 0.05) is 11.9 Å². The summed E-state index contributed by atoms with van der Waals surface area (Å²) in [5.41, 5.74) is 4.17. The van der Waals surface area contributed by atoms with Gasteiger partial charge in [-0.2, -0.15) is 0 Å². The number of thioether (sulfide) groups is 1. The van der Waals surface area contributed by atoms with Crippen molar-refractivity contribution < 1.29 is 4.79 Å². The number of hydrogen-bond acceptors (Lipinski definition) is 5. The van der Waals surface area contributed by atoms with Crippen LogP contribution in [0.3, 0.4) is 0 Å². The van der Waals surface area contributed by atoms with E-state index in [1.54, 1.807) is 18.3 Å². The predicted octanol–water partition coefficient (Wildman–Crippen LogP) is 4.83. The van der Waals surface area contributed by atoms with Gasteiger partial charge in [-0.1, -0.05) is 42.1 Å². The number of nitrogens with zero attached hydrogens (tertiary/aromatic N) is 3. The number of pyridine rings is 1. The molecule has 0 spiro atoms. The van der Waals surface area contributed by atoms with Gasteiger partial charge < -0.3 is 5.32 Å². The van der Waals surface area contributed by atoms with Gasteiger partial charge in [-0.05, 0) is 68.7 Å². The van der Waals surface area contributed by atoms with Crippen molar-refractivity contribution in [1.82, 2.24) is 14.5 Å². The van der Waals surface area contributed by atoms with Crippen LogP contribution in [0.1, 0.15) is 23.6 Å². The molecule has 0 aliphatic heterocycles. The van der Waals surface area contributed by atoms with Gasteiger partial charge in [0.2, 0.25) is 5.91 Å². The highest BCUT2D eigenvalue weighted by Gasteiger charge is 2.21. The average molecular weight is 445 g/mol. The van der Waals surface area contributed by atoms with Crippen LogP contribution in [-0.2, 0) is 4.79 Å². The molecule has 7 heteroatoms. The molecular formula is C25H24N4O2S. The molecule has 1 N–H and O–H groups in total. The number of para-hydroxylation sites is 2. The molecular weight excluding hydrogens is 420 g/mol. The zero-order chi connectivity index (χ0) is 22.8. The number of nitrogens with one attached hydrogen (secondary N) is 1. The third-order valence-corrected chi connectivity index (χ3v) is 6.31. The molecule has 6 nitrogen and oxygen atoms in total. The van der Waals surface area contributed by atoms with Crippen molar-refractivity contribution in [2.24, 2.45) is 0 Å². The fourth-order valence-electron chi connectivity index (χ4n) is 3.48. The Morgan fingerprint density at radius 1 is 1.03 bits per heavy atom. The van der Waals surface area contributed by atoms with Gasteiger partial charge in [-0.3, -0.25) is 9.59 Å². The Kier molecular flexibility index (Phi) is 6.10. The normalized spacial score (nSPS) is 12.0. The van der Waals surface area contributed by atoms with Crippen LogP contribution in [0.2, 0.25) is 0 Å². The molecule has 32 heavy (non-hydrogen) atoms. The lowest BCUT2D eigenvalue weighted by Crippen LogP contribution is -2.27. The maximum absolute atomic E-state index is 13.4. The third kappa shape index (κ3) is 4.29. The van der Waals surface area contributed by atoms with Crippen LogP contribution in [0.4, 0.5) is 5.69 Å². The molecule has 4 aromatic rings. The summed E-state index contributed by atoms with van der Waals surface area (Å²) in [6, 6.07) is 16.8. The van der Waals surface area contributed by atoms with E-state index in [2.05, 4.69) is 10.3 Å². The Morgan fingerprint density at radius 3 is 2.47 bits per heavy atom. The van der Waals surface area contributed by atoms with Gasteiger partial charge in [0.1, 0.15) is 5.82 Å². The summed E-state index contributed by atoms with van der Waals surface area (Å²) in [7, 11) is 0. The Morgan fingerprint density at radius 2 is 1.75 bits per heavy atom. The van der Waals surface area contributed by atoms with E-state index in [0.717, 1.165) is 22.4 Å². The number of anilines is 1. The van der Waals surface area contributed by atoms with E-state index in [0.29, 0.717) is 21.9 Å². The highest BCUT2D eigenvalue weighted by atomic mass is 32.2. The van der Waals surface area contributed by atoms with Gasteiger partial charge >= 0.3 is 0 Å². The third-order valence-electron chi connectivity index (χ3n) is 5.26. The van der Waals surface area contributed by atoms with Crippen molar-refractivity contribution in [2.75, 3.05) is 5.32 Å². The number of amides is 1. The summed E-state index contributed by atoms with van der Waals surface area (Å²) in [6.45, 7) is 7.68. The first-order valence-corrected chi connectivity index (χ1v) is 11.2. The van der Waals surface area contributed by atoms with Crippen LogP contribution in [0.15, 0.2) is 70.7 Å². The standard InChI is InChI=1S/C25H24N4O2S/c1-15-12-13-26-21(14-15)29-24(31)19-10-5-6-11-20(19)27-25(29)32-18(4)23(30)28-22-16(2)8-7-9-17(22)3/h5-14,18H,1-4H3,(H,28,30). The predicted molar refractivity (Wildman–Crippen MR) is 130 cm³/mol. The molecule has 2 aromatic heterocycles. The first-order valence-electron chi connectivity index (χ1n) is 10.3. The Balaban J connectivity index is 1.74. The maximum Gasteiger partial charge on any atom is 0.267 e. The van der Waals surface area contributed by atoms with Crippen molar-refractivity contribution in [3.63, 3.8) is 0 Å². The van der Waals surface area contributed by atoms with E-state index in [1.807, 2.05) is 70.2 Å². The fraction of sp³-hybridized carbons (Fsp3) is 0.200. The molecule has 0 bridgehead atoms. The molecule has 0 saturated heterocycles. The quantitative estimate of drug-likeness (QED) is 0.353. The first kappa shape index (κ1) is 21.8. The smallest absolute Gasteiger partial charge is 0.267 e. The van der Waals surface area contributed by atoms with Crippen LogP contribution >= 0.6 is 11.8 Å². The summed E-state index contributed by atoms with van der Waals surface area (Å²) in [5.74, 6) is 0.330. The van der Waals surface area contributed by atoms with Crippen LogP contribution in [0.25, 0.3) is 16.7 Å². The summed E-state index contributed by atoms with van der Waals surface area (Å²) in [6.07, 6.45) is 1.66. The molecule has 0 saturated carbocycles. The van der Waals surface area contributed by atoms with E-state index in [1.165, 1.54) is 16.3 Å². The van der Waals surface area contributed by atoms with Gasteiger partial charge in [-0.15, -0.1) is 0 Å². The number of rotatable bonds is 5.